The summed E-state index contributed by atoms with van der Waals surface area (Å²) < 4.78 is 19.1. The van der Waals surface area contributed by atoms with Crippen LogP contribution in [-0.4, -0.2) is 50.3 Å². The number of hydrogen-bond acceptors (Lipinski definition) is 8. The molecule has 0 aliphatic rings. The largest absolute Gasteiger partial charge is 0.463 e. The van der Waals surface area contributed by atoms with Gasteiger partial charge in [-0.1, -0.05) is 52.4 Å². The molecule has 0 bridgehead atoms. The third-order valence-corrected chi connectivity index (χ3v) is 3.54. The zero-order chi connectivity index (χ0) is 21.0. The molecule has 0 aliphatic heterocycles. The third-order valence-electron chi connectivity index (χ3n) is 3.54. The molecule has 0 saturated heterocycles. The topological polar surface area (TPSA) is 105 Å². The molecule has 8 nitrogen and oxygen atoms in total. The molecule has 0 aromatic rings. The minimum Gasteiger partial charge on any atom is -0.463 e. The molecule has 0 spiro atoms. The number of esters is 4. The second kappa shape index (κ2) is 18.0. The predicted molar refractivity (Wildman–Crippen MR) is 101 cm³/mol. The minimum atomic E-state index is -0.890. The Labute approximate surface area is 166 Å². The summed E-state index contributed by atoms with van der Waals surface area (Å²) >= 11 is 0. The van der Waals surface area contributed by atoms with E-state index in [-0.39, 0.29) is 13.2 Å². The summed E-state index contributed by atoms with van der Waals surface area (Å²) in [4.78, 5) is 45.6. The third kappa shape index (κ3) is 17.1. The van der Waals surface area contributed by atoms with Gasteiger partial charge in [0.15, 0.2) is 13.2 Å². The zero-order valence-corrected chi connectivity index (χ0v) is 16.9. The van der Waals surface area contributed by atoms with Crippen LogP contribution in [0.5, 0.6) is 0 Å². The van der Waals surface area contributed by atoms with E-state index in [4.69, 9.17) is 9.47 Å². The first kappa shape index (κ1) is 25.6. The van der Waals surface area contributed by atoms with Crippen LogP contribution in [-0.2, 0) is 38.1 Å². The summed E-state index contributed by atoms with van der Waals surface area (Å²) in [6.07, 6.45) is 9.41. The average molecular weight is 400 g/mol. The highest BCUT2D eigenvalue weighted by atomic mass is 16.6. The molecule has 0 aliphatic carbocycles. The van der Waals surface area contributed by atoms with Crippen molar-refractivity contribution in [3.8, 4) is 0 Å². The Morgan fingerprint density at radius 3 is 1.32 bits per heavy atom. The Hall–Kier alpha value is -2.38. The molecule has 160 valence electrons. The van der Waals surface area contributed by atoms with Gasteiger partial charge in [-0.2, -0.15) is 0 Å². The van der Waals surface area contributed by atoms with Gasteiger partial charge < -0.3 is 18.9 Å². The molecule has 0 rings (SSSR count). The smallest absolute Gasteiger partial charge is 0.344 e. The van der Waals surface area contributed by atoms with E-state index < -0.39 is 37.1 Å². The molecular formula is C20H32O8. The van der Waals surface area contributed by atoms with Gasteiger partial charge >= 0.3 is 23.9 Å². The second-order valence-electron chi connectivity index (χ2n) is 6.11. The number of ether oxygens (including phenoxy) is 4. The molecule has 0 unspecified atom stereocenters. The zero-order valence-electron chi connectivity index (χ0n) is 16.9. The van der Waals surface area contributed by atoms with Crippen molar-refractivity contribution in [3.63, 3.8) is 0 Å². The van der Waals surface area contributed by atoms with Gasteiger partial charge in [-0.25, -0.2) is 19.2 Å². The van der Waals surface area contributed by atoms with Crippen molar-refractivity contribution in [1.82, 2.24) is 0 Å². The van der Waals surface area contributed by atoms with Crippen molar-refractivity contribution in [2.75, 3.05) is 26.4 Å². The van der Waals surface area contributed by atoms with Crippen LogP contribution in [0.3, 0.4) is 0 Å². The van der Waals surface area contributed by atoms with Gasteiger partial charge in [0.2, 0.25) is 0 Å². The van der Waals surface area contributed by atoms with E-state index in [9.17, 15) is 19.2 Å². The summed E-state index contributed by atoms with van der Waals surface area (Å²) in [7, 11) is 0. The highest BCUT2D eigenvalue weighted by Crippen LogP contribution is 2.00. The van der Waals surface area contributed by atoms with Crippen LogP contribution in [0, 0.1) is 0 Å². The lowest BCUT2D eigenvalue weighted by Crippen LogP contribution is -2.17. The first-order valence-electron chi connectivity index (χ1n) is 9.82. The van der Waals surface area contributed by atoms with Crippen LogP contribution < -0.4 is 0 Å². The maximum Gasteiger partial charge on any atom is 0.344 e. The fraction of sp³-hybridized carbons (Fsp3) is 0.700. The molecule has 0 N–H and O–H groups in total. The van der Waals surface area contributed by atoms with E-state index in [1.54, 1.807) is 0 Å². The van der Waals surface area contributed by atoms with Crippen molar-refractivity contribution >= 4 is 23.9 Å². The standard InChI is InChI=1S/C20H32O8/c1-3-5-7-9-13-25-19(23)15-27-17(21)11-12-18(22)28-16-20(24)26-14-10-8-6-4-2/h11-12H,3-10,13-16H2,1-2H3/b12-11+. The molecule has 0 saturated carbocycles. The van der Waals surface area contributed by atoms with Gasteiger partial charge in [0.05, 0.1) is 13.2 Å². The molecule has 28 heavy (non-hydrogen) atoms. The Kier molecular flexibility index (Phi) is 16.5. The van der Waals surface area contributed by atoms with Gasteiger partial charge in [0.25, 0.3) is 0 Å². The van der Waals surface area contributed by atoms with E-state index in [0.29, 0.717) is 0 Å². The Bertz CT molecular complexity index is 454. The van der Waals surface area contributed by atoms with E-state index in [1.807, 2.05) is 0 Å². The maximum atomic E-state index is 11.4. The lowest BCUT2D eigenvalue weighted by molar-refractivity contribution is -0.157. The first-order chi connectivity index (χ1) is 13.5. The number of carbonyl (C=O) groups is 4. The summed E-state index contributed by atoms with van der Waals surface area (Å²) in [6.45, 7) is 3.67. The van der Waals surface area contributed by atoms with Crippen LogP contribution in [0.25, 0.3) is 0 Å². The quantitative estimate of drug-likeness (QED) is 0.169. The molecule has 0 heterocycles. The fourth-order valence-corrected chi connectivity index (χ4v) is 2.01. The lowest BCUT2D eigenvalue weighted by Gasteiger charge is -2.05. The molecule has 0 atom stereocenters. The van der Waals surface area contributed by atoms with Crippen LogP contribution in [0.4, 0.5) is 0 Å². The van der Waals surface area contributed by atoms with E-state index in [1.165, 1.54) is 0 Å². The Morgan fingerprint density at radius 1 is 0.571 bits per heavy atom. The number of hydrogen-bond donors (Lipinski definition) is 0. The van der Waals surface area contributed by atoms with Crippen LogP contribution in [0.1, 0.15) is 65.2 Å². The molecule has 0 aromatic heterocycles. The Morgan fingerprint density at radius 2 is 0.964 bits per heavy atom. The lowest BCUT2D eigenvalue weighted by atomic mass is 10.2. The van der Waals surface area contributed by atoms with Crippen molar-refractivity contribution < 1.29 is 38.1 Å². The summed E-state index contributed by atoms with van der Waals surface area (Å²) in [5.41, 5.74) is 0. The molecule has 0 aromatic carbocycles. The summed E-state index contributed by atoms with van der Waals surface area (Å²) in [5.74, 6) is -3.08. The van der Waals surface area contributed by atoms with Gasteiger partial charge in [-0.3, -0.25) is 0 Å². The van der Waals surface area contributed by atoms with E-state index >= 15 is 0 Å². The minimum absolute atomic E-state index is 0.285. The molecule has 0 amide bonds. The summed E-state index contributed by atoms with van der Waals surface area (Å²) in [6, 6.07) is 0. The van der Waals surface area contributed by atoms with Gasteiger partial charge in [-0.05, 0) is 12.8 Å². The molecule has 0 fully saturated rings. The van der Waals surface area contributed by atoms with Gasteiger partial charge in [0.1, 0.15) is 0 Å². The highest BCUT2D eigenvalue weighted by Gasteiger charge is 2.09. The van der Waals surface area contributed by atoms with E-state index in [0.717, 1.165) is 63.5 Å². The van der Waals surface area contributed by atoms with Gasteiger partial charge in [0, 0.05) is 12.2 Å². The second-order valence-corrected chi connectivity index (χ2v) is 6.11. The molecule has 0 radical (unpaired) electrons. The number of unbranched alkanes of at least 4 members (excludes halogenated alkanes) is 6. The normalized spacial score (nSPS) is 10.5. The molecular weight excluding hydrogens is 368 g/mol. The summed E-state index contributed by atoms with van der Waals surface area (Å²) in [5, 5.41) is 0. The van der Waals surface area contributed by atoms with Crippen LogP contribution in [0.15, 0.2) is 12.2 Å². The monoisotopic (exact) mass is 400 g/mol. The fourth-order valence-electron chi connectivity index (χ4n) is 2.01. The molecule has 8 heteroatoms. The van der Waals surface area contributed by atoms with Crippen LogP contribution >= 0.6 is 0 Å². The first-order valence-corrected chi connectivity index (χ1v) is 9.82. The number of carbonyl (C=O) groups excluding carboxylic acids is 4. The van der Waals surface area contributed by atoms with Gasteiger partial charge in [-0.15, -0.1) is 0 Å². The van der Waals surface area contributed by atoms with Crippen molar-refractivity contribution in [2.24, 2.45) is 0 Å². The Balaban J connectivity index is 3.79. The van der Waals surface area contributed by atoms with Crippen molar-refractivity contribution in [3.05, 3.63) is 12.2 Å². The van der Waals surface area contributed by atoms with E-state index in [2.05, 4.69) is 23.3 Å². The highest BCUT2D eigenvalue weighted by molar-refractivity contribution is 5.93. The SMILES string of the molecule is CCCCCCOC(=O)COC(=O)/C=C/C(=O)OCC(=O)OCCCCCC. The number of rotatable bonds is 16. The van der Waals surface area contributed by atoms with Crippen molar-refractivity contribution in [2.45, 2.75) is 65.2 Å². The maximum absolute atomic E-state index is 11.4. The van der Waals surface area contributed by atoms with Crippen molar-refractivity contribution in [1.29, 1.82) is 0 Å². The predicted octanol–water partition coefficient (Wildman–Crippen LogP) is 2.88. The average Bonchev–Trinajstić information content (AvgIpc) is 2.68. The van der Waals surface area contributed by atoms with Crippen LogP contribution in [0.2, 0.25) is 0 Å².